The number of hydrogen-bond acceptors (Lipinski definition) is 2. The molecule has 100 valence electrons. The van der Waals surface area contributed by atoms with Gasteiger partial charge in [-0.2, -0.15) is 0 Å². The SMILES string of the molecule is O=C(NCCOCCCl)c1ccc2ccccc2c1. The first kappa shape index (κ1) is 13.8. The first-order valence-electron chi connectivity index (χ1n) is 6.22. The van der Waals surface area contributed by atoms with E-state index in [1.165, 1.54) is 0 Å². The van der Waals surface area contributed by atoms with E-state index in [1.807, 2.05) is 42.5 Å². The highest BCUT2D eigenvalue weighted by Crippen LogP contribution is 2.15. The molecule has 19 heavy (non-hydrogen) atoms. The van der Waals surface area contributed by atoms with Crippen LogP contribution >= 0.6 is 11.6 Å². The van der Waals surface area contributed by atoms with Crippen molar-refractivity contribution in [3.8, 4) is 0 Å². The van der Waals surface area contributed by atoms with E-state index >= 15 is 0 Å². The van der Waals surface area contributed by atoms with Crippen LogP contribution in [-0.4, -0.2) is 31.5 Å². The standard InChI is InChI=1S/C15H16ClNO2/c16-7-9-19-10-8-17-15(18)14-6-5-12-3-1-2-4-13(12)11-14/h1-6,11H,7-10H2,(H,17,18). The van der Waals surface area contributed by atoms with Crippen molar-refractivity contribution in [3.63, 3.8) is 0 Å². The number of amides is 1. The van der Waals surface area contributed by atoms with Gasteiger partial charge in [-0.25, -0.2) is 0 Å². The molecule has 0 heterocycles. The van der Waals surface area contributed by atoms with Crippen LogP contribution in [0.2, 0.25) is 0 Å². The maximum Gasteiger partial charge on any atom is 0.251 e. The van der Waals surface area contributed by atoms with Crippen LogP contribution in [0.15, 0.2) is 42.5 Å². The average Bonchev–Trinajstić information content (AvgIpc) is 2.46. The lowest BCUT2D eigenvalue weighted by atomic mass is 10.1. The lowest BCUT2D eigenvalue weighted by Crippen LogP contribution is -2.27. The zero-order valence-electron chi connectivity index (χ0n) is 10.6. The highest BCUT2D eigenvalue weighted by molar-refractivity contribution is 6.17. The zero-order chi connectivity index (χ0) is 13.5. The molecular formula is C15H16ClNO2. The van der Waals surface area contributed by atoms with Gasteiger partial charge in [0.2, 0.25) is 0 Å². The minimum atomic E-state index is -0.0831. The van der Waals surface area contributed by atoms with Gasteiger partial charge in [0.05, 0.1) is 13.2 Å². The highest BCUT2D eigenvalue weighted by atomic mass is 35.5. The average molecular weight is 278 g/mol. The molecular weight excluding hydrogens is 262 g/mol. The van der Waals surface area contributed by atoms with Gasteiger partial charge >= 0.3 is 0 Å². The summed E-state index contributed by atoms with van der Waals surface area (Å²) < 4.78 is 5.19. The lowest BCUT2D eigenvalue weighted by molar-refractivity contribution is 0.0923. The van der Waals surface area contributed by atoms with E-state index in [9.17, 15) is 4.79 Å². The summed E-state index contributed by atoms with van der Waals surface area (Å²) in [5, 5.41) is 5.01. The molecule has 0 fully saturated rings. The molecule has 0 spiro atoms. The van der Waals surface area contributed by atoms with E-state index < -0.39 is 0 Å². The number of ether oxygens (including phenoxy) is 1. The van der Waals surface area contributed by atoms with Crippen LogP contribution in [0.25, 0.3) is 10.8 Å². The minimum Gasteiger partial charge on any atom is -0.378 e. The Morgan fingerprint density at radius 3 is 2.68 bits per heavy atom. The van der Waals surface area contributed by atoms with E-state index in [0.717, 1.165) is 10.8 Å². The van der Waals surface area contributed by atoms with E-state index in [1.54, 1.807) is 0 Å². The largest absolute Gasteiger partial charge is 0.378 e. The van der Waals surface area contributed by atoms with Crippen molar-refractivity contribution in [3.05, 3.63) is 48.0 Å². The Hall–Kier alpha value is -1.58. The molecule has 2 rings (SSSR count). The van der Waals surface area contributed by atoms with Crippen LogP contribution in [-0.2, 0) is 4.74 Å². The van der Waals surface area contributed by atoms with E-state index in [-0.39, 0.29) is 5.91 Å². The van der Waals surface area contributed by atoms with E-state index in [0.29, 0.717) is 31.2 Å². The van der Waals surface area contributed by atoms with Crippen LogP contribution < -0.4 is 5.32 Å². The number of carbonyl (C=O) groups excluding carboxylic acids is 1. The fraction of sp³-hybridized carbons (Fsp3) is 0.267. The molecule has 0 bridgehead atoms. The summed E-state index contributed by atoms with van der Waals surface area (Å²) in [6.45, 7) is 1.47. The summed E-state index contributed by atoms with van der Waals surface area (Å²) in [6, 6.07) is 13.6. The maximum absolute atomic E-state index is 11.9. The zero-order valence-corrected chi connectivity index (χ0v) is 11.3. The molecule has 0 aliphatic carbocycles. The number of alkyl halides is 1. The van der Waals surface area contributed by atoms with Gasteiger partial charge in [-0.3, -0.25) is 4.79 Å². The van der Waals surface area contributed by atoms with Crippen molar-refractivity contribution in [1.29, 1.82) is 0 Å². The van der Waals surface area contributed by atoms with Gasteiger partial charge in [0.25, 0.3) is 5.91 Å². The molecule has 4 heteroatoms. The Morgan fingerprint density at radius 2 is 1.89 bits per heavy atom. The lowest BCUT2D eigenvalue weighted by Gasteiger charge is -2.06. The quantitative estimate of drug-likeness (QED) is 0.651. The summed E-state index contributed by atoms with van der Waals surface area (Å²) in [7, 11) is 0. The molecule has 0 aromatic heterocycles. The first-order chi connectivity index (χ1) is 9.31. The number of nitrogens with one attached hydrogen (secondary N) is 1. The molecule has 0 aliphatic rings. The van der Waals surface area contributed by atoms with Gasteiger partial charge in [0.1, 0.15) is 0 Å². The minimum absolute atomic E-state index is 0.0831. The molecule has 1 amide bonds. The van der Waals surface area contributed by atoms with Gasteiger partial charge in [0.15, 0.2) is 0 Å². The molecule has 2 aromatic rings. The number of carbonyl (C=O) groups is 1. The van der Waals surface area contributed by atoms with E-state index in [2.05, 4.69) is 5.32 Å². The summed E-state index contributed by atoms with van der Waals surface area (Å²) in [6.07, 6.45) is 0. The predicted octanol–water partition coefficient (Wildman–Crippen LogP) is 2.83. The van der Waals surface area contributed by atoms with Gasteiger partial charge < -0.3 is 10.1 Å². The molecule has 3 nitrogen and oxygen atoms in total. The summed E-state index contributed by atoms with van der Waals surface area (Å²) in [4.78, 5) is 11.9. The fourth-order valence-corrected chi connectivity index (χ4v) is 1.94. The molecule has 0 unspecified atom stereocenters. The Balaban J connectivity index is 1.93. The van der Waals surface area contributed by atoms with Gasteiger partial charge in [-0.15, -0.1) is 11.6 Å². The molecule has 2 aromatic carbocycles. The van der Waals surface area contributed by atoms with Gasteiger partial charge in [0, 0.05) is 18.0 Å². The second kappa shape index (κ2) is 7.12. The van der Waals surface area contributed by atoms with Crippen LogP contribution in [0.1, 0.15) is 10.4 Å². The first-order valence-corrected chi connectivity index (χ1v) is 6.75. The monoisotopic (exact) mass is 277 g/mol. The molecule has 0 atom stereocenters. The molecule has 0 radical (unpaired) electrons. The Labute approximate surface area is 117 Å². The molecule has 0 saturated carbocycles. The highest BCUT2D eigenvalue weighted by Gasteiger charge is 2.05. The van der Waals surface area contributed by atoms with Crippen molar-refractivity contribution in [1.82, 2.24) is 5.32 Å². The number of fused-ring (bicyclic) bond motifs is 1. The Kier molecular flexibility index (Phi) is 5.19. The van der Waals surface area contributed by atoms with Crippen LogP contribution in [0.5, 0.6) is 0 Å². The molecule has 0 aliphatic heterocycles. The van der Waals surface area contributed by atoms with Crippen molar-refractivity contribution in [2.45, 2.75) is 0 Å². The third-order valence-corrected chi connectivity index (χ3v) is 2.92. The second-order valence-electron chi connectivity index (χ2n) is 4.12. The van der Waals surface area contributed by atoms with Crippen molar-refractivity contribution < 1.29 is 9.53 Å². The third kappa shape index (κ3) is 3.94. The summed E-state index contributed by atoms with van der Waals surface area (Å²) >= 11 is 5.48. The molecule has 0 saturated heterocycles. The van der Waals surface area contributed by atoms with Gasteiger partial charge in [-0.05, 0) is 22.9 Å². The smallest absolute Gasteiger partial charge is 0.251 e. The predicted molar refractivity (Wildman–Crippen MR) is 77.8 cm³/mol. The van der Waals surface area contributed by atoms with Crippen LogP contribution in [0, 0.1) is 0 Å². The summed E-state index contributed by atoms with van der Waals surface area (Å²) in [5.41, 5.74) is 0.663. The van der Waals surface area contributed by atoms with Crippen molar-refractivity contribution in [2.24, 2.45) is 0 Å². The van der Waals surface area contributed by atoms with E-state index in [4.69, 9.17) is 16.3 Å². The maximum atomic E-state index is 11.9. The number of benzene rings is 2. The number of halogens is 1. The van der Waals surface area contributed by atoms with Crippen LogP contribution in [0.3, 0.4) is 0 Å². The Morgan fingerprint density at radius 1 is 1.11 bits per heavy atom. The number of rotatable bonds is 6. The summed E-state index contributed by atoms with van der Waals surface area (Å²) in [5.74, 6) is 0.388. The van der Waals surface area contributed by atoms with Crippen molar-refractivity contribution in [2.75, 3.05) is 25.6 Å². The van der Waals surface area contributed by atoms with Crippen molar-refractivity contribution >= 4 is 28.3 Å². The number of hydrogen-bond donors (Lipinski definition) is 1. The van der Waals surface area contributed by atoms with Gasteiger partial charge in [-0.1, -0.05) is 30.3 Å². The second-order valence-corrected chi connectivity index (χ2v) is 4.50. The van der Waals surface area contributed by atoms with Crippen LogP contribution in [0.4, 0.5) is 0 Å². The Bertz CT molecular complexity index is 557. The fourth-order valence-electron chi connectivity index (χ4n) is 1.83. The third-order valence-electron chi connectivity index (χ3n) is 2.77. The molecule has 1 N–H and O–H groups in total. The normalized spacial score (nSPS) is 10.6. The topological polar surface area (TPSA) is 38.3 Å².